The number of hydrogen-bond donors (Lipinski definition) is 0. The van der Waals surface area contributed by atoms with Crippen molar-refractivity contribution in [3.05, 3.63) is 29.8 Å². The van der Waals surface area contributed by atoms with Crippen LogP contribution in [0, 0.1) is 5.92 Å². The Balaban J connectivity index is 2.63. The molecule has 0 bridgehead atoms. The number of Topliss-reactive ketones (excluding diaryl/α,β-unsaturated/α-hetero) is 1. The lowest BCUT2D eigenvalue weighted by molar-refractivity contribution is -0.161. The minimum atomic E-state index is -0.753. The minimum absolute atomic E-state index is 0.149. The second-order valence-corrected chi connectivity index (χ2v) is 5.75. The summed E-state index contributed by atoms with van der Waals surface area (Å²) in [4.78, 5) is 23.9. The van der Waals surface area contributed by atoms with Crippen LogP contribution >= 0.6 is 0 Å². The molecule has 0 radical (unpaired) electrons. The standard InChI is InChI=1S/C16H22O4/c1-11(15(18)20-16(2,3)4)14(17)10-12-6-8-13(19-5)9-7-12/h6-9,11H,10H2,1-5H3. The average molecular weight is 278 g/mol. The molecule has 0 N–H and O–H groups in total. The summed E-state index contributed by atoms with van der Waals surface area (Å²) in [7, 11) is 1.59. The second-order valence-electron chi connectivity index (χ2n) is 5.75. The summed E-state index contributed by atoms with van der Waals surface area (Å²) in [6.07, 6.45) is 0.213. The van der Waals surface area contributed by atoms with Crippen molar-refractivity contribution in [1.29, 1.82) is 0 Å². The van der Waals surface area contributed by atoms with E-state index < -0.39 is 17.5 Å². The molecular formula is C16H22O4. The average Bonchev–Trinajstić information content (AvgIpc) is 2.36. The van der Waals surface area contributed by atoms with Crippen molar-refractivity contribution in [2.75, 3.05) is 7.11 Å². The van der Waals surface area contributed by atoms with Crippen molar-refractivity contribution in [3.8, 4) is 5.75 Å². The van der Waals surface area contributed by atoms with Crippen LogP contribution in [-0.2, 0) is 20.7 Å². The summed E-state index contributed by atoms with van der Waals surface area (Å²) in [6, 6.07) is 7.22. The Morgan fingerprint density at radius 3 is 2.15 bits per heavy atom. The number of benzene rings is 1. The normalized spacial score (nSPS) is 12.7. The van der Waals surface area contributed by atoms with Crippen LogP contribution in [0.4, 0.5) is 0 Å². The van der Waals surface area contributed by atoms with Crippen LogP contribution in [0.5, 0.6) is 5.75 Å². The molecule has 0 heterocycles. The third kappa shape index (κ3) is 5.03. The van der Waals surface area contributed by atoms with Crippen LogP contribution in [0.1, 0.15) is 33.3 Å². The van der Waals surface area contributed by atoms with Gasteiger partial charge in [-0.1, -0.05) is 12.1 Å². The molecule has 0 aliphatic rings. The zero-order valence-corrected chi connectivity index (χ0v) is 12.7. The largest absolute Gasteiger partial charge is 0.497 e. The van der Waals surface area contributed by atoms with Crippen molar-refractivity contribution in [3.63, 3.8) is 0 Å². The Hall–Kier alpha value is -1.84. The Labute approximate surface area is 120 Å². The lowest BCUT2D eigenvalue weighted by Crippen LogP contribution is -2.31. The lowest BCUT2D eigenvalue weighted by atomic mass is 9.99. The predicted octanol–water partition coefficient (Wildman–Crippen LogP) is 2.78. The summed E-state index contributed by atoms with van der Waals surface area (Å²) in [5, 5.41) is 0. The van der Waals surface area contributed by atoms with Crippen molar-refractivity contribution >= 4 is 11.8 Å². The molecule has 4 nitrogen and oxygen atoms in total. The zero-order chi connectivity index (χ0) is 15.3. The summed E-state index contributed by atoms with van der Waals surface area (Å²) < 4.78 is 10.3. The van der Waals surface area contributed by atoms with E-state index in [9.17, 15) is 9.59 Å². The van der Waals surface area contributed by atoms with Gasteiger partial charge in [0.1, 0.15) is 17.3 Å². The molecule has 1 rings (SSSR count). The van der Waals surface area contributed by atoms with Gasteiger partial charge in [0.25, 0.3) is 0 Å². The number of rotatable bonds is 5. The Bertz CT molecular complexity index is 468. The number of hydrogen-bond acceptors (Lipinski definition) is 4. The molecule has 1 aromatic carbocycles. The van der Waals surface area contributed by atoms with Gasteiger partial charge in [-0.05, 0) is 45.4 Å². The number of ketones is 1. The maximum Gasteiger partial charge on any atom is 0.316 e. The summed E-state index contributed by atoms with van der Waals surface area (Å²) in [6.45, 7) is 6.93. The maximum atomic E-state index is 12.1. The number of carbonyl (C=O) groups is 2. The van der Waals surface area contributed by atoms with Crippen LogP contribution in [-0.4, -0.2) is 24.5 Å². The first-order valence-corrected chi connectivity index (χ1v) is 6.61. The molecule has 20 heavy (non-hydrogen) atoms. The van der Waals surface area contributed by atoms with Crippen molar-refractivity contribution in [1.82, 2.24) is 0 Å². The number of ether oxygens (including phenoxy) is 2. The first-order chi connectivity index (χ1) is 9.23. The van der Waals surface area contributed by atoms with Gasteiger partial charge in [0, 0.05) is 6.42 Å². The van der Waals surface area contributed by atoms with E-state index in [0.29, 0.717) is 0 Å². The summed E-state index contributed by atoms with van der Waals surface area (Å²) in [5.74, 6) is -0.641. The van der Waals surface area contributed by atoms with E-state index in [0.717, 1.165) is 11.3 Å². The fourth-order valence-corrected chi connectivity index (χ4v) is 1.62. The molecule has 110 valence electrons. The van der Waals surface area contributed by atoms with E-state index in [1.807, 2.05) is 12.1 Å². The molecular weight excluding hydrogens is 256 g/mol. The molecule has 0 amide bonds. The van der Waals surface area contributed by atoms with E-state index in [4.69, 9.17) is 9.47 Å². The highest BCUT2D eigenvalue weighted by Crippen LogP contribution is 2.16. The predicted molar refractivity (Wildman–Crippen MR) is 76.7 cm³/mol. The first kappa shape index (κ1) is 16.2. The van der Waals surface area contributed by atoms with Gasteiger partial charge in [-0.15, -0.1) is 0 Å². The minimum Gasteiger partial charge on any atom is -0.497 e. The third-order valence-electron chi connectivity index (χ3n) is 2.78. The Morgan fingerprint density at radius 2 is 1.70 bits per heavy atom. The highest BCUT2D eigenvalue weighted by atomic mass is 16.6. The van der Waals surface area contributed by atoms with Crippen LogP contribution in [0.15, 0.2) is 24.3 Å². The van der Waals surface area contributed by atoms with Gasteiger partial charge < -0.3 is 9.47 Å². The molecule has 0 aliphatic heterocycles. The number of carbonyl (C=O) groups excluding carboxylic acids is 2. The maximum absolute atomic E-state index is 12.1. The topological polar surface area (TPSA) is 52.6 Å². The Kier molecular flexibility index (Phi) is 5.31. The molecule has 1 unspecified atom stereocenters. The second kappa shape index (κ2) is 6.55. The van der Waals surface area contributed by atoms with Crippen molar-refractivity contribution in [2.45, 2.75) is 39.7 Å². The van der Waals surface area contributed by atoms with Gasteiger partial charge in [-0.25, -0.2) is 0 Å². The highest BCUT2D eigenvalue weighted by molar-refractivity contribution is 5.99. The van der Waals surface area contributed by atoms with E-state index in [1.54, 1.807) is 46.9 Å². The van der Waals surface area contributed by atoms with Crippen molar-refractivity contribution in [2.24, 2.45) is 5.92 Å². The van der Waals surface area contributed by atoms with E-state index in [2.05, 4.69) is 0 Å². The van der Waals surface area contributed by atoms with Gasteiger partial charge in [0.05, 0.1) is 7.11 Å². The molecule has 1 aromatic rings. The fourth-order valence-electron chi connectivity index (χ4n) is 1.62. The molecule has 4 heteroatoms. The Morgan fingerprint density at radius 1 is 1.15 bits per heavy atom. The first-order valence-electron chi connectivity index (χ1n) is 6.61. The summed E-state index contributed by atoms with van der Waals surface area (Å²) in [5.41, 5.74) is 0.275. The van der Waals surface area contributed by atoms with Gasteiger partial charge in [0.15, 0.2) is 5.78 Å². The van der Waals surface area contributed by atoms with Gasteiger partial charge in [0.2, 0.25) is 0 Å². The number of esters is 1. The van der Waals surface area contributed by atoms with Crippen LogP contribution in [0.2, 0.25) is 0 Å². The molecule has 0 aliphatic carbocycles. The lowest BCUT2D eigenvalue weighted by Gasteiger charge is -2.21. The molecule has 0 saturated carbocycles. The summed E-state index contributed by atoms with van der Waals surface area (Å²) >= 11 is 0. The molecule has 0 aromatic heterocycles. The van der Waals surface area contributed by atoms with Gasteiger partial charge in [-0.3, -0.25) is 9.59 Å². The van der Waals surface area contributed by atoms with E-state index in [1.165, 1.54) is 0 Å². The smallest absolute Gasteiger partial charge is 0.316 e. The van der Waals surface area contributed by atoms with Crippen LogP contribution in [0.3, 0.4) is 0 Å². The quantitative estimate of drug-likeness (QED) is 0.614. The van der Waals surface area contributed by atoms with Gasteiger partial charge >= 0.3 is 5.97 Å². The molecule has 0 saturated heterocycles. The van der Waals surface area contributed by atoms with Crippen LogP contribution < -0.4 is 4.74 Å². The third-order valence-corrected chi connectivity index (χ3v) is 2.78. The van der Waals surface area contributed by atoms with E-state index in [-0.39, 0.29) is 12.2 Å². The highest BCUT2D eigenvalue weighted by Gasteiger charge is 2.26. The fraction of sp³-hybridized carbons (Fsp3) is 0.500. The van der Waals surface area contributed by atoms with Gasteiger partial charge in [-0.2, -0.15) is 0 Å². The zero-order valence-electron chi connectivity index (χ0n) is 12.7. The monoisotopic (exact) mass is 278 g/mol. The van der Waals surface area contributed by atoms with Crippen LogP contribution in [0.25, 0.3) is 0 Å². The number of methoxy groups -OCH3 is 1. The molecule has 1 atom stereocenters. The van der Waals surface area contributed by atoms with Crippen molar-refractivity contribution < 1.29 is 19.1 Å². The van der Waals surface area contributed by atoms with E-state index >= 15 is 0 Å². The molecule has 0 spiro atoms. The SMILES string of the molecule is COc1ccc(CC(=O)C(C)C(=O)OC(C)(C)C)cc1. The molecule has 0 fully saturated rings.